The van der Waals surface area contributed by atoms with Gasteiger partial charge in [-0.1, -0.05) is 29.8 Å². The molecule has 1 aromatic carbocycles. The predicted molar refractivity (Wildman–Crippen MR) is 82.7 cm³/mol. The van der Waals surface area contributed by atoms with E-state index in [1.807, 2.05) is 25.1 Å². The predicted octanol–water partition coefficient (Wildman–Crippen LogP) is 3.89. The third-order valence-electron chi connectivity index (χ3n) is 3.68. The third-order valence-corrected chi connectivity index (χ3v) is 4.02. The average molecular weight is 293 g/mol. The molecule has 0 aliphatic rings. The number of hydrogen-bond acceptors (Lipinski definition) is 3. The zero-order chi connectivity index (χ0) is 14.7. The van der Waals surface area contributed by atoms with Crippen LogP contribution >= 0.6 is 11.6 Å². The molecule has 2 aromatic rings. The van der Waals surface area contributed by atoms with E-state index in [0.717, 1.165) is 34.2 Å². The Labute approximate surface area is 125 Å². The summed E-state index contributed by atoms with van der Waals surface area (Å²) in [5.74, 6) is 1.79. The van der Waals surface area contributed by atoms with E-state index >= 15 is 0 Å². The fourth-order valence-corrected chi connectivity index (χ4v) is 2.60. The highest BCUT2D eigenvalue weighted by atomic mass is 35.5. The highest BCUT2D eigenvalue weighted by Crippen LogP contribution is 2.27. The fraction of sp³-hybridized carbons (Fsp3) is 0.375. The van der Waals surface area contributed by atoms with Gasteiger partial charge in [-0.05, 0) is 44.2 Å². The Morgan fingerprint density at radius 3 is 2.65 bits per heavy atom. The van der Waals surface area contributed by atoms with Gasteiger partial charge in [-0.15, -0.1) is 0 Å². The van der Waals surface area contributed by atoms with Gasteiger partial charge in [-0.3, -0.25) is 4.90 Å². The normalized spacial score (nSPS) is 12.9. The molecule has 2 rings (SSSR count). The van der Waals surface area contributed by atoms with Gasteiger partial charge in [-0.2, -0.15) is 0 Å². The van der Waals surface area contributed by atoms with Crippen molar-refractivity contribution in [1.82, 2.24) is 4.90 Å². The van der Waals surface area contributed by atoms with Gasteiger partial charge in [0.05, 0.1) is 13.1 Å². The van der Waals surface area contributed by atoms with Crippen LogP contribution in [0.5, 0.6) is 0 Å². The average Bonchev–Trinajstić information content (AvgIpc) is 2.78. The SMILES string of the molecule is Cc1cc(CN(C)C(C)c2ccccc2Cl)oc1CN. The Morgan fingerprint density at radius 1 is 1.35 bits per heavy atom. The summed E-state index contributed by atoms with van der Waals surface area (Å²) in [7, 11) is 2.06. The Balaban J connectivity index is 2.11. The number of halogens is 1. The maximum Gasteiger partial charge on any atom is 0.120 e. The monoisotopic (exact) mass is 292 g/mol. The topological polar surface area (TPSA) is 42.4 Å². The molecule has 4 heteroatoms. The van der Waals surface area contributed by atoms with Crippen LogP contribution in [0, 0.1) is 6.92 Å². The van der Waals surface area contributed by atoms with Crippen molar-refractivity contribution in [2.75, 3.05) is 7.05 Å². The van der Waals surface area contributed by atoms with Crippen molar-refractivity contribution < 1.29 is 4.42 Å². The van der Waals surface area contributed by atoms with Gasteiger partial charge < -0.3 is 10.2 Å². The first-order valence-electron chi connectivity index (χ1n) is 6.75. The molecule has 3 nitrogen and oxygen atoms in total. The van der Waals surface area contributed by atoms with Crippen LogP contribution in [-0.4, -0.2) is 11.9 Å². The van der Waals surface area contributed by atoms with Crippen LogP contribution < -0.4 is 5.73 Å². The van der Waals surface area contributed by atoms with E-state index in [9.17, 15) is 0 Å². The summed E-state index contributed by atoms with van der Waals surface area (Å²) < 4.78 is 5.75. The van der Waals surface area contributed by atoms with Crippen LogP contribution in [0.2, 0.25) is 5.02 Å². The lowest BCUT2D eigenvalue weighted by Gasteiger charge is -2.24. The number of hydrogen-bond donors (Lipinski definition) is 1. The van der Waals surface area contributed by atoms with E-state index in [1.165, 1.54) is 0 Å². The molecule has 0 saturated heterocycles. The molecule has 1 unspecified atom stereocenters. The van der Waals surface area contributed by atoms with Gasteiger partial charge in [-0.25, -0.2) is 0 Å². The molecule has 2 N–H and O–H groups in total. The van der Waals surface area contributed by atoms with Crippen molar-refractivity contribution in [2.24, 2.45) is 5.73 Å². The first kappa shape index (κ1) is 15.1. The Bertz CT molecular complexity index is 580. The molecule has 0 saturated carbocycles. The standard InChI is InChI=1S/C16H21ClN2O/c1-11-8-13(20-16(11)9-18)10-19(3)12(2)14-6-4-5-7-15(14)17/h4-8,12H,9-10,18H2,1-3H3. The van der Waals surface area contributed by atoms with Gasteiger partial charge in [0.2, 0.25) is 0 Å². The second-order valence-corrected chi connectivity index (χ2v) is 5.54. The zero-order valence-electron chi connectivity index (χ0n) is 12.2. The lowest BCUT2D eigenvalue weighted by Crippen LogP contribution is -2.21. The van der Waals surface area contributed by atoms with Crippen molar-refractivity contribution in [3.63, 3.8) is 0 Å². The van der Waals surface area contributed by atoms with Crippen LogP contribution in [-0.2, 0) is 13.1 Å². The summed E-state index contributed by atoms with van der Waals surface area (Å²) in [4.78, 5) is 2.21. The minimum atomic E-state index is 0.218. The summed E-state index contributed by atoms with van der Waals surface area (Å²) in [6, 6.07) is 10.2. The van der Waals surface area contributed by atoms with Gasteiger partial charge in [0.1, 0.15) is 11.5 Å². The maximum absolute atomic E-state index is 6.25. The van der Waals surface area contributed by atoms with Gasteiger partial charge in [0.25, 0.3) is 0 Å². The van der Waals surface area contributed by atoms with Crippen molar-refractivity contribution in [2.45, 2.75) is 33.0 Å². The molecule has 0 aliphatic heterocycles. The molecule has 0 spiro atoms. The van der Waals surface area contributed by atoms with Crippen molar-refractivity contribution >= 4 is 11.6 Å². The van der Waals surface area contributed by atoms with E-state index < -0.39 is 0 Å². The zero-order valence-corrected chi connectivity index (χ0v) is 12.9. The smallest absolute Gasteiger partial charge is 0.120 e. The van der Waals surface area contributed by atoms with Gasteiger partial charge >= 0.3 is 0 Å². The van der Waals surface area contributed by atoms with Crippen LogP contribution in [0.1, 0.15) is 35.6 Å². The number of rotatable bonds is 5. The molecule has 0 radical (unpaired) electrons. The minimum absolute atomic E-state index is 0.218. The second kappa shape index (κ2) is 6.44. The summed E-state index contributed by atoms with van der Waals surface area (Å²) in [6.45, 7) is 5.33. The van der Waals surface area contributed by atoms with Crippen molar-refractivity contribution in [1.29, 1.82) is 0 Å². The maximum atomic E-state index is 6.25. The van der Waals surface area contributed by atoms with Crippen LogP contribution in [0.4, 0.5) is 0 Å². The highest BCUT2D eigenvalue weighted by Gasteiger charge is 2.16. The molecule has 0 fully saturated rings. The van der Waals surface area contributed by atoms with Crippen LogP contribution in [0.25, 0.3) is 0 Å². The molecule has 1 atom stereocenters. The number of nitrogens with zero attached hydrogens (tertiary/aromatic N) is 1. The molecule has 0 amide bonds. The highest BCUT2D eigenvalue weighted by molar-refractivity contribution is 6.31. The Kier molecular flexibility index (Phi) is 4.86. The van der Waals surface area contributed by atoms with Gasteiger partial charge in [0, 0.05) is 11.1 Å². The summed E-state index contributed by atoms with van der Waals surface area (Å²) >= 11 is 6.25. The quantitative estimate of drug-likeness (QED) is 0.909. The van der Waals surface area contributed by atoms with Crippen LogP contribution in [0.15, 0.2) is 34.7 Å². The molecular weight excluding hydrogens is 272 g/mol. The molecular formula is C16H21ClN2O. The van der Waals surface area contributed by atoms with E-state index in [1.54, 1.807) is 0 Å². The van der Waals surface area contributed by atoms with Gasteiger partial charge in [0.15, 0.2) is 0 Å². The summed E-state index contributed by atoms with van der Waals surface area (Å²) in [6.07, 6.45) is 0. The van der Waals surface area contributed by atoms with Crippen molar-refractivity contribution in [3.8, 4) is 0 Å². The second-order valence-electron chi connectivity index (χ2n) is 5.14. The number of benzene rings is 1. The molecule has 1 aromatic heterocycles. The molecule has 20 heavy (non-hydrogen) atoms. The fourth-order valence-electron chi connectivity index (χ4n) is 2.30. The van der Waals surface area contributed by atoms with E-state index in [-0.39, 0.29) is 6.04 Å². The Morgan fingerprint density at radius 2 is 2.05 bits per heavy atom. The number of furan rings is 1. The number of nitrogens with two attached hydrogens (primary N) is 1. The third kappa shape index (κ3) is 3.23. The largest absolute Gasteiger partial charge is 0.463 e. The lowest BCUT2D eigenvalue weighted by atomic mass is 10.1. The van der Waals surface area contributed by atoms with Crippen molar-refractivity contribution in [3.05, 3.63) is 58.0 Å². The summed E-state index contributed by atoms with van der Waals surface area (Å²) in [5, 5.41) is 0.796. The molecule has 1 heterocycles. The molecule has 0 aliphatic carbocycles. The number of aryl methyl sites for hydroxylation is 1. The van der Waals surface area contributed by atoms with E-state index in [4.69, 9.17) is 21.8 Å². The molecule has 0 bridgehead atoms. The molecule has 108 valence electrons. The van der Waals surface area contributed by atoms with Crippen LogP contribution in [0.3, 0.4) is 0 Å². The summed E-state index contributed by atoms with van der Waals surface area (Å²) in [5.41, 5.74) is 7.88. The van der Waals surface area contributed by atoms with E-state index in [0.29, 0.717) is 6.54 Å². The lowest BCUT2D eigenvalue weighted by molar-refractivity contribution is 0.230. The van der Waals surface area contributed by atoms with E-state index in [2.05, 4.69) is 31.0 Å². The first-order chi connectivity index (χ1) is 9.52. The first-order valence-corrected chi connectivity index (χ1v) is 7.13. The Hall–Kier alpha value is -1.29. The minimum Gasteiger partial charge on any atom is -0.463 e.